The molecular formula is C6H10N2O. The molecule has 1 aliphatic heterocycles. The summed E-state index contributed by atoms with van der Waals surface area (Å²) in [5.74, 6) is 0.495. The van der Waals surface area contributed by atoms with Crippen LogP contribution < -0.4 is 5.73 Å². The van der Waals surface area contributed by atoms with Crippen molar-refractivity contribution < 1.29 is 4.79 Å². The van der Waals surface area contributed by atoms with Gasteiger partial charge in [0.15, 0.2) is 0 Å². The molecule has 3 nitrogen and oxygen atoms in total. The Labute approximate surface area is 54.0 Å². The minimum absolute atomic E-state index is 0.0706. The summed E-state index contributed by atoms with van der Waals surface area (Å²) in [7, 11) is 0. The number of carbonyl (C=O) groups excluding carboxylic acids is 1. The summed E-state index contributed by atoms with van der Waals surface area (Å²) >= 11 is 0. The SMILES string of the molecule is CC1CCC(N)=NC1=O. The highest BCUT2D eigenvalue weighted by Gasteiger charge is 2.17. The zero-order valence-electron chi connectivity index (χ0n) is 5.42. The number of nitrogens with two attached hydrogens (primary N) is 1. The first-order chi connectivity index (χ1) is 4.20. The Balaban J connectivity index is 2.70. The van der Waals surface area contributed by atoms with Gasteiger partial charge in [-0.3, -0.25) is 4.79 Å². The van der Waals surface area contributed by atoms with Crippen molar-refractivity contribution in [1.29, 1.82) is 0 Å². The van der Waals surface area contributed by atoms with Crippen molar-refractivity contribution in [3.8, 4) is 0 Å². The number of amides is 1. The van der Waals surface area contributed by atoms with Crippen LogP contribution in [0.15, 0.2) is 4.99 Å². The first-order valence-electron chi connectivity index (χ1n) is 3.07. The van der Waals surface area contributed by atoms with Crippen LogP contribution in [-0.4, -0.2) is 11.7 Å². The average molecular weight is 126 g/mol. The smallest absolute Gasteiger partial charge is 0.250 e. The molecule has 2 N–H and O–H groups in total. The lowest BCUT2D eigenvalue weighted by molar-refractivity contribution is -0.121. The summed E-state index contributed by atoms with van der Waals surface area (Å²) < 4.78 is 0. The number of amidine groups is 1. The molecule has 1 aliphatic rings. The van der Waals surface area contributed by atoms with Gasteiger partial charge in [0.1, 0.15) is 5.84 Å². The monoisotopic (exact) mass is 126 g/mol. The molecule has 1 atom stereocenters. The third-order valence-corrected chi connectivity index (χ3v) is 1.51. The van der Waals surface area contributed by atoms with E-state index in [2.05, 4.69) is 4.99 Å². The van der Waals surface area contributed by atoms with E-state index in [0.717, 1.165) is 12.8 Å². The third kappa shape index (κ3) is 1.28. The molecule has 0 saturated carbocycles. The molecule has 0 spiro atoms. The zero-order valence-corrected chi connectivity index (χ0v) is 5.42. The fourth-order valence-electron chi connectivity index (χ4n) is 0.795. The molecule has 0 fully saturated rings. The predicted octanol–water partition coefficient (Wildman–Crippen LogP) is 0.300. The van der Waals surface area contributed by atoms with E-state index in [1.165, 1.54) is 0 Å². The van der Waals surface area contributed by atoms with Crippen molar-refractivity contribution >= 4 is 11.7 Å². The number of hydrogen-bond acceptors (Lipinski definition) is 2. The molecule has 9 heavy (non-hydrogen) atoms. The van der Waals surface area contributed by atoms with Gasteiger partial charge in [-0.05, 0) is 6.42 Å². The van der Waals surface area contributed by atoms with Crippen LogP contribution in [0.1, 0.15) is 19.8 Å². The third-order valence-electron chi connectivity index (χ3n) is 1.51. The first kappa shape index (κ1) is 6.26. The van der Waals surface area contributed by atoms with Crippen LogP contribution in [0.5, 0.6) is 0 Å². The van der Waals surface area contributed by atoms with Gasteiger partial charge >= 0.3 is 0 Å². The molecule has 0 aromatic carbocycles. The maximum atomic E-state index is 10.7. The molecule has 1 heterocycles. The molecule has 0 aromatic heterocycles. The Bertz CT molecular complexity index is 162. The zero-order chi connectivity index (χ0) is 6.85. The van der Waals surface area contributed by atoms with E-state index < -0.39 is 0 Å². The van der Waals surface area contributed by atoms with Gasteiger partial charge in [-0.25, -0.2) is 4.99 Å². The molecule has 0 bridgehead atoms. The summed E-state index contributed by atoms with van der Waals surface area (Å²) in [4.78, 5) is 14.4. The first-order valence-corrected chi connectivity index (χ1v) is 3.07. The van der Waals surface area contributed by atoms with Crippen LogP contribution in [0.25, 0.3) is 0 Å². The van der Waals surface area contributed by atoms with Crippen molar-refractivity contribution in [2.75, 3.05) is 0 Å². The summed E-state index contributed by atoms with van der Waals surface area (Å²) in [6.45, 7) is 1.87. The second-order valence-electron chi connectivity index (χ2n) is 2.38. The molecule has 1 rings (SSSR count). The number of carbonyl (C=O) groups is 1. The Morgan fingerprint density at radius 3 is 2.89 bits per heavy atom. The summed E-state index contributed by atoms with van der Waals surface area (Å²) in [6.07, 6.45) is 1.63. The van der Waals surface area contributed by atoms with Crippen LogP contribution in [0, 0.1) is 5.92 Å². The molecule has 1 amide bonds. The Morgan fingerprint density at radius 2 is 2.44 bits per heavy atom. The summed E-state index contributed by atoms with van der Waals surface area (Å²) in [6, 6.07) is 0. The van der Waals surface area contributed by atoms with Crippen molar-refractivity contribution in [2.45, 2.75) is 19.8 Å². The Hall–Kier alpha value is -0.860. The van der Waals surface area contributed by atoms with E-state index in [1.807, 2.05) is 6.92 Å². The van der Waals surface area contributed by atoms with E-state index >= 15 is 0 Å². The van der Waals surface area contributed by atoms with Gasteiger partial charge in [0.25, 0.3) is 0 Å². The summed E-state index contributed by atoms with van der Waals surface area (Å²) in [5.41, 5.74) is 5.32. The van der Waals surface area contributed by atoms with Crippen molar-refractivity contribution in [3.63, 3.8) is 0 Å². The number of aliphatic imine (C=N–C) groups is 1. The van der Waals surface area contributed by atoms with Gasteiger partial charge in [-0.15, -0.1) is 0 Å². The van der Waals surface area contributed by atoms with E-state index in [4.69, 9.17) is 5.73 Å². The topological polar surface area (TPSA) is 55.4 Å². The second kappa shape index (κ2) is 2.17. The van der Waals surface area contributed by atoms with Gasteiger partial charge in [0.2, 0.25) is 5.91 Å². The highest BCUT2D eigenvalue weighted by Crippen LogP contribution is 2.12. The van der Waals surface area contributed by atoms with E-state index in [9.17, 15) is 4.79 Å². The lowest BCUT2D eigenvalue weighted by Crippen LogP contribution is -2.24. The van der Waals surface area contributed by atoms with Crippen molar-refractivity contribution in [2.24, 2.45) is 16.6 Å². The minimum Gasteiger partial charge on any atom is -0.387 e. The average Bonchev–Trinajstić information content (AvgIpc) is 1.80. The van der Waals surface area contributed by atoms with Crippen LogP contribution in [-0.2, 0) is 4.79 Å². The Morgan fingerprint density at radius 1 is 1.78 bits per heavy atom. The molecule has 1 unspecified atom stereocenters. The maximum Gasteiger partial charge on any atom is 0.250 e. The highest BCUT2D eigenvalue weighted by molar-refractivity contribution is 5.96. The maximum absolute atomic E-state index is 10.7. The highest BCUT2D eigenvalue weighted by atomic mass is 16.1. The van der Waals surface area contributed by atoms with Crippen LogP contribution in [0.3, 0.4) is 0 Å². The lowest BCUT2D eigenvalue weighted by Gasteiger charge is -2.11. The molecule has 3 heteroatoms. The van der Waals surface area contributed by atoms with E-state index in [-0.39, 0.29) is 11.8 Å². The van der Waals surface area contributed by atoms with Crippen LogP contribution >= 0.6 is 0 Å². The lowest BCUT2D eigenvalue weighted by atomic mass is 10.0. The molecule has 0 aliphatic carbocycles. The number of nitrogens with zero attached hydrogens (tertiary/aromatic N) is 1. The van der Waals surface area contributed by atoms with Gasteiger partial charge in [-0.1, -0.05) is 6.92 Å². The second-order valence-corrected chi connectivity index (χ2v) is 2.38. The molecule has 50 valence electrons. The largest absolute Gasteiger partial charge is 0.387 e. The molecule has 0 saturated heterocycles. The van der Waals surface area contributed by atoms with E-state index in [0.29, 0.717) is 5.84 Å². The molecular weight excluding hydrogens is 116 g/mol. The quantitative estimate of drug-likeness (QED) is 0.507. The fraction of sp³-hybridized carbons (Fsp3) is 0.667. The Kier molecular flexibility index (Phi) is 1.51. The fourth-order valence-corrected chi connectivity index (χ4v) is 0.795. The molecule has 0 aromatic rings. The van der Waals surface area contributed by atoms with Crippen molar-refractivity contribution in [1.82, 2.24) is 0 Å². The van der Waals surface area contributed by atoms with Crippen molar-refractivity contribution in [3.05, 3.63) is 0 Å². The minimum atomic E-state index is -0.0706. The molecule has 0 radical (unpaired) electrons. The van der Waals surface area contributed by atoms with Gasteiger partial charge in [-0.2, -0.15) is 0 Å². The normalized spacial score (nSPS) is 27.9. The van der Waals surface area contributed by atoms with E-state index in [1.54, 1.807) is 0 Å². The van der Waals surface area contributed by atoms with Gasteiger partial charge in [0.05, 0.1) is 0 Å². The number of hydrogen-bond donors (Lipinski definition) is 1. The van der Waals surface area contributed by atoms with Crippen LogP contribution in [0.2, 0.25) is 0 Å². The standard InChI is InChI=1S/C6H10N2O/c1-4-2-3-5(7)8-6(4)9/h4H,2-3H2,1H3,(H2,7,8,9). The van der Waals surface area contributed by atoms with Gasteiger partial charge < -0.3 is 5.73 Å². The van der Waals surface area contributed by atoms with Gasteiger partial charge in [0, 0.05) is 12.3 Å². The van der Waals surface area contributed by atoms with Crippen LogP contribution in [0.4, 0.5) is 0 Å². The summed E-state index contributed by atoms with van der Waals surface area (Å²) in [5, 5.41) is 0. The number of rotatable bonds is 0. The predicted molar refractivity (Wildman–Crippen MR) is 35.0 cm³/mol.